The lowest BCUT2D eigenvalue weighted by atomic mass is 9.92. The van der Waals surface area contributed by atoms with E-state index in [0.29, 0.717) is 12.1 Å². The maximum atomic E-state index is 13.9. The molecule has 0 spiro atoms. The van der Waals surface area contributed by atoms with Crippen LogP contribution >= 0.6 is 11.3 Å². The molecule has 0 radical (unpaired) electrons. The zero-order valence-corrected chi connectivity index (χ0v) is 10.5. The van der Waals surface area contributed by atoms with Crippen LogP contribution in [0.25, 0.3) is 10.2 Å². The van der Waals surface area contributed by atoms with E-state index in [2.05, 4.69) is 4.98 Å². The van der Waals surface area contributed by atoms with Crippen LogP contribution in [0, 0.1) is 6.92 Å². The molecule has 0 aliphatic carbocycles. The Kier molecular flexibility index (Phi) is 3.23. The minimum atomic E-state index is -6.10. The van der Waals surface area contributed by atoms with Crippen molar-refractivity contribution in [3.05, 3.63) is 28.8 Å². The molecule has 2 rings (SSSR count). The van der Waals surface area contributed by atoms with Crippen molar-refractivity contribution in [2.75, 3.05) is 0 Å². The lowest BCUT2D eigenvalue weighted by Crippen LogP contribution is -2.50. The van der Waals surface area contributed by atoms with Crippen LogP contribution in [-0.4, -0.2) is 17.3 Å². The van der Waals surface area contributed by atoms with E-state index in [4.69, 9.17) is 0 Å². The van der Waals surface area contributed by atoms with Crippen LogP contribution < -0.4 is 0 Å². The Bertz CT molecular complexity index is 626. The Hall–Kier alpha value is -1.38. The van der Waals surface area contributed by atoms with Crippen LogP contribution in [0.15, 0.2) is 17.6 Å². The Morgan fingerprint density at radius 1 is 0.950 bits per heavy atom. The van der Waals surface area contributed by atoms with Gasteiger partial charge in [0.1, 0.15) is 0 Å². The van der Waals surface area contributed by atoms with Crippen molar-refractivity contribution in [2.45, 2.75) is 24.9 Å². The Morgan fingerprint density at radius 2 is 1.50 bits per heavy atom. The summed E-state index contributed by atoms with van der Waals surface area (Å²) in [4.78, 5) is 3.80. The number of halogens is 7. The zero-order valence-electron chi connectivity index (χ0n) is 9.73. The van der Waals surface area contributed by atoms with Crippen LogP contribution in [-0.2, 0) is 5.67 Å². The standard InChI is InChI=1S/C11H6F7NS/c1-5-2-6(3-7-8(5)19-4-20-7)9(12,10(13,14)15)11(16,17)18/h2-4H,1H3. The summed E-state index contributed by atoms with van der Waals surface area (Å²) in [6, 6.07) is 1.07. The summed E-state index contributed by atoms with van der Waals surface area (Å²) in [5, 5.41) is 0. The molecule has 0 amide bonds. The molecule has 1 aromatic carbocycles. The maximum Gasteiger partial charge on any atom is 0.435 e. The quantitative estimate of drug-likeness (QED) is 0.682. The van der Waals surface area contributed by atoms with Gasteiger partial charge >= 0.3 is 18.0 Å². The van der Waals surface area contributed by atoms with Gasteiger partial charge in [-0.2, -0.15) is 26.3 Å². The molecule has 0 saturated carbocycles. The zero-order chi connectivity index (χ0) is 15.3. The van der Waals surface area contributed by atoms with E-state index < -0.39 is 23.6 Å². The number of benzene rings is 1. The van der Waals surface area contributed by atoms with Gasteiger partial charge in [-0.25, -0.2) is 9.37 Å². The van der Waals surface area contributed by atoms with E-state index in [-0.39, 0.29) is 15.8 Å². The average Bonchev–Trinajstić information content (AvgIpc) is 2.73. The Balaban J connectivity index is 2.76. The van der Waals surface area contributed by atoms with Gasteiger partial charge in [-0.1, -0.05) is 0 Å². The van der Waals surface area contributed by atoms with Gasteiger partial charge in [-0.15, -0.1) is 11.3 Å². The number of aryl methyl sites for hydroxylation is 1. The molecule has 0 fully saturated rings. The van der Waals surface area contributed by atoms with Crippen molar-refractivity contribution < 1.29 is 30.7 Å². The normalized spacial score (nSPS) is 14.0. The first-order chi connectivity index (χ1) is 8.98. The smallest absolute Gasteiger partial charge is 0.244 e. The highest BCUT2D eigenvalue weighted by atomic mass is 32.1. The molecule has 0 unspecified atom stereocenters. The molecule has 110 valence electrons. The van der Waals surface area contributed by atoms with E-state index in [0.717, 1.165) is 11.3 Å². The summed E-state index contributed by atoms with van der Waals surface area (Å²) in [6.45, 7) is 1.28. The number of rotatable bonds is 1. The largest absolute Gasteiger partial charge is 0.435 e. The van der Waals surface area contributed by atoms with Crippen LogP contribution in [0.3, 0.4) is 0 Å². The number of hydrogen-bond acceptors (Lipinski definition) is 2. The fourth-order valence-electron chi connectivity index (χ4n) is 1.83. The summed E-state index contributed by atoms with van der Waals surface area (Å²) in [7, 11) is 0. The molecule has 1 heterocycles. The summed E-state index contributed by atoms with van der Waals surface area (Å²) in [6.07, 6.45) is -12.2. The lowest BCUT2D eigenvalue weighted by molar-refractivity contribution is -0.348. The Labute approximate surface area is 112 Å². The predicted octanol–water partition coefficient (Wildman–Crippen LogP) is 4.89. The number of thiazole rings is 1. The molecule has 0 N–H and O–H groups in total. The molecule has 1 nitrogen and oxygen atoms in total. The SMILES string of the molecule is Cc1cc(C(F)(C(F)(F)F)C(F)(F)F)cc2scnc12. The lowest BCUT2D eigenvalue weighted by Gasteiger charge is -2.30. The van der Waals surface area contributed by atoms with E-state index in [1.54, 1.807) is 0 Å². The monoisotopic (exact) mass is 317 g/mol. The van der Waals surface area contributed by atoms with Crippen LogP contribution in [0.4, 0.5) is 30.7 Å². The minimum absolute atomic E-state index is 0.0503. The van der Waals surface area contributed by atoms with Crippen LogP contribution in [0.1, 0.15) is 11.1 Å². The van der Waals surface area contributed by atoms with Gasteiger partial charge in [-0.05, 0) is 24.6 Å². The van der Waals surface area contributed by atoms with Gasteiger partial charge < -0.3 is 0 Å². The maximum absolute atomic E-state index is 13.9. The number of nitrogens with zero attached hydrogens (tertiary/aromatic N) is 1. The molecule has 2 aromatic rings. The van der Waals surface area contributed by atoms with Crippen molar-refractivity contribution in [2.24, 2.45) is 0 Å². The molecule has 0 aliphatic heterocycles. The fourth-order valence-corrected chi connectivity index (χ4v) is 2.62. The molecule has 9 heteroatoms. The topological polar surface area (TPSA) is 12.9 Å². The molecule has 0 atom stereocenters. The van der Waals surface area contributed by atoms with Gasteiger partial charge in [0.15, 0.2) is 0 Å². The molecular weight excluding hydrogens is 311 g/mol. The third-order valence-corrected chi connectivity index (χ3v) is 3.58. The number of hydrogen-bond donors (Lipinski definition) is 0. The molecule has 0 saturated heterocycles. The Morgan fingerprint density at radius 3 is 2.00 bits per heavy atom. The molecule has 1 aromatic heterocycles. The van der Waals surface area contributed by atoms with Crippen LogP contribution in [0.5, 0.6) is 0 Å². The highest BCUT2D eigenvalue weighted by Crippen LogP contribution is 2.53. The number of aromatic nitrogens is 1. The summed E-state index contributed by atoms with van der Waals surface area (Å²) < 4.78 is 89.8. The third kappa shape index (κ3) is 2.04. The second-order valence-electron chi connectivity index (χ2n) is 4.15. The first kappa shape index (κ1) is 15.0. The van der Waals surface area contributed by atoms with Crippen molar-refractivity contribution in [3.8, 4) is 0 Å². The van der Waals surface area contributed by atoms with Crippen molar-refractivity contribution in [3.63, 3.8) is 0 Å². The van der Waals surface area contributed by atoms with E-state index in [1.165, 1.54) is 12.4 Å². The summed E-state index contributed by atoms with van der Waals surface area (Å²) >= 11 is 0.841. The van der Waals surface area contributed by atoms with Gasteiger partial charge in [0.2, 0.25) is 0 Å². The second-order valence-corrected chi connectivity index (χ2v) is 5.03. The highest BCUT2D eigenvalue weighted by molar-refractivity contribution is 7.16. The molecular formula is C11H6F7NS. The van der Waals surface area contributed by atoms with Gasteiger partial charge in [-0.3, -0.25) is 0 Å². The molecule has 20 heavy (non-hydrogen) atoms. The summed E-state index contributed by atoms with van der Waals surface area (Å²) in [5.74, 6) is 0. The second kappa shape index (κ2) is 4.31. The van der Waals surface area contributed by atoms with E-state index in [9.17, 15) is 30.7 Å². The van der Waals surface area contributed by atoms with Crippen molar-refractivity contribution in [1.82, 2.24) is 4.98 Å². The minimum Gasteiger partial charge on any atom is -0.244 e. The summed E-state index contributed by atoms with van der Waals surface area (Å²) in [5.41, 5.74) is -5.31. The predicted molar refractivity (Wildman–Crippen MR) is 59.3 cm³/mol. The van der Waals surface area contributed by atoms with Crippen molar-refractivity contribution >= 4 is 21.6 Å². The first-order valence-corrected chi connectivity index (χ1v) is 6.03. The molecule has 0 bridgehead atoms. The molecule has 0 aliphatic rings. The highest BCUT2D eigenvalue weighted by Gasteiger charge is 2.73. The van der Waals surface area contributed by atoms with E-state index in [1.807, 2.05) is 0 Å². The average molecular weight is 317 g/mol. The van der Waals surface area contributed by atoms with Gasteiger partial charge in [0.05, 0.1) is 15.7 Å². The van der Waals surface area contributed by atoms with E-state index >= 15 is 0 Å². The van der Waals surface area contributed by atoms with Crippen molar-refractivity contribution in [1.29, 1.82) is 0 Å². The number of fused-ring (bicyclic) bond motifs is 1. The van der Waals surface area contributed by atoms with Gasteiger partial charge in [0.25, 0.3) is 0 Å². The first-order valence-electron chi connectivity index (χ1n) is 5.15. The number of alkyl halides is 7. The fraction of sp³-hybridized carbons (Fsp3) is 0.364. The van der Waals surface area contributed by atoms with Gasteiger partial charge in [0, 0.05) is 5.56 Å². The van der Waals surface area contributed by atoms with Crippen LogP contribution in [0.2, 0.25) is 0 Å². The third-order valence-electron chi connectivity index (χ3n) is 2.81.